The molecule has 0 saturated carbocycles. The maximum Gasteiger partial charge on any atom is 0.260 e. The van der Waals surface area contributed by atoms with Crippen molar-refractivity contribution in [3.8, 4) is 11.3 Å². The van der Waals surface area contributed by atoms with E-state index in [1.165, 1.54) is 41.1 Å². The highest BCUT2D eigenvalue weighted by Crippen LogP contribution is 2.25. The molecule has 3 aromatic rings. The van der Waals surface area contributed by atoms with Crippen LogP contribution in [-0.4, -0.2) is 27.1 Å². The van der Waals surface area contributed by atoms with Crippen LogP contribution in [0.4, 0.5) is 5.13 Å². The molecule has 0 radical (unpaired) electrons. The molecule has 0 fully saturated rings. The number of aromatic nitrogens is 3. The van der Waals surface area contributed by atoms with Crippen molar-refractivity contribution in [1.29, 1.82) is 0 Å². The van der Waals surface area contributed by atoms with Gasteiger partial charge in [-0.2, -0.15) is 0 Å². The molecule has 23 heavy (non-hydrogen) atoms. The SMILES string of the molecule is CSc1ncc(C(=O)Nc2nc(-c3ccc(C)cc3)cs2)cn1. The number of thioether (sulfide) groups is 1. The number of nitrogens with zero attached hydrogens (tertiary/aromatic N) is 3. The topological polar surface area (TPSA) is 67.8 Å². The molecule has 1 aromatic carbocycles. The highest BCUT2D eigenvalue weighted by molar-refractivity contribution is 7.98. The summed E-state index contributed by atoms with van der Waals surface area (Å²) in [6, 6.07) is 8.12. The minimum atomic E-state index is -0.262. The van der Waals surface area contributed by atoms with Crippen LogP contribution in [0.3, 0.4) is 0 Å². The van der Waals surface area contributed by atoms with Crippen LogP contribution in [0.5, 0.6) is 0 Å². The molecule has 3 rings (SSSR count). The fourth-order valence-corrected chi connectivity index (χ4v) is 2.93. The van der Waals surface area contributed by atoms with E-state index in [4.69, 9.17) is 0 Å². The zero-order valence-electron chi connectivity index (χ0n) is 12.6. The second kappa shape index (κ2) is 6.89. The van der Waals surface area contributed by atoms with E-state index < -0.39 is 0 Å². The van der Waals surface area contributed by atoms with Gasteiger partial charge in [-0.1, -0.05) is 41.6 Å². The number of anilines is 1. The number of hydrogen-bond donors (Lipinski definition) is 1. The lowest BCUT2D eigenvalue weighted by molar-refractivity contribution is 0.102. The number of thiazole rings is 1. The van der Waals surface area contributed by atoms with Crippen LogP contribution >= 0.6 is 23.1 Å². The summed E-state index contributed by atoms with van der Waals surface area (Å²) in [5.41, 5.74) is 3.49. The lowest BCUT2D eigenvalue weighted by Gasteiger charge is -2.01. The number of carbonyl (C=O) groups excluding carboxylic acids is 1. The smallest absolute Gasteiger partial charge is 0.260 e. The third-order valence-corrected chi connectivity index (χ3v) is 4.48. The molecule has 0 aliphatic carbocycles. The van der Waals surface area contributed by atoms with Gasteiger partial charge in [0.1, 0.15) is 0 Å². The molecule has 0 saturated heterocycles. The van der Waals surface area contributed by atoms with E-state index in [0.717, 1.165) is 11.3 Å². The summed E-state index contributed by atoms with van der Waals surface area (Å²) in [5.74, 6) is -0.262. The lowest BCUT2D eigenvalue weighted by Crippen LogP contribution is -2.12. The minimum absolute atomic E-state index is 0.262. The van der Waals surface area contributed by atoms with E-state index in [0.29, 0.717) is 15.9 Å². The Labute approximate surface area is 142 Å². The monoisotopic (exact) mass is 342 g/mol. The Morgan fingerprint density at radius 3 is 2.52 bits per heavy atom. The van der Waals surface area contributed by atoms with Gasteiger partial charge in [-0.25, -0.2) is 15.0 Å². The zero-order valence-corrected chi connectivity index (χ0v) is 14.2. The Balaban J connectivity index is 1.73. The van der Waals surface area contributed by atoms with Crippen LogP contribution in [0, 0.1) is 6.92 Å². The number of amides is 1. The quantitative estimate of drug-likeness (QED) is 0.575. The second-order valence-electron chi connectivity index (χ2n) is 4.82. The van der Waals surface area contributed by atoms with Crippen molar-refractivity contribution in [1.82, 2.24) is 15.0 Å². The van der Waals surface area contributed by atoms with Crippen molar-refractivity contribution in [3.63, 3.8) is 0 Å². The van der Waals surface area contributed by atoms with Crippen molar-refractivity contribution in [3.05, 3.63) is 53.2 Å². The fourth-order valence-electron chi connectivity index (χ4n) is 1.90. The van der Waals surface area contributed by atoms with E-state index >= 15 is 0 Å². The Bertz CT molecular complexity index is 813. The molecule has 1 N–H and O–H groups in total. The number of aryl methyl sites for hydroxylation is 1. The third kappa shape index (κ3) is 3.75. The van der Waals surface area contributed by atoms with Gasteiger partial charge in [-0.15, -0.1) is 11.3 Å². The van der Waals surface area contributed by atoms with E-state index in [1.54, 1.807) is 0 Å². The molecule has 1 amide bonds. The highest BCUT2D eigenvalue weighted by Gasteiger charge is 2.11. The van der Waals surface area contributed by atoms with E-state index in [2.05, 4.69) is 20.3 Å². The van der Waals surface area contributed by atoms with Gasteiger partial charge in [-0.05, 0) is 13.2 Å². The van der Waals surface area contributed by atoms with Crippen LogP contribution in [-0.2, 0) is 0 Å². The first-order valence-corrected chi connectivity index (χ1v) is 8.96. The molecule has 5 nitrogen and oxygen atoms in total. The standard InChI is InChI=1S/C16H14N4OS2/c1-10-3-5-11(6-4-10)13-9-23-16(19-13)20-14(21)12-7-17-15(22-2)18-8-12/h3-9H,1-2H3,(H,19,20,21). The first kappa shape index (κ1) is 15.6. The summed E-state index contributed by atoms with van der Waals surface area (Å²) in [6.45, 7) is 2.04. The maximum atomic E-state index is 12.2. The normalized spacial score (nSPS) is 10.5. The van der Waals surface area contributed by atoms with Gasteiger partial charge in [0.2, 0.25) is 0 Å². The lowest BCUT2D eigenvalue weighted by atomic mass is 10.1. The van der Waals surface area contributed by atoms with Gasteiger partial charge < -0.3 is 0 Å². The molecule has 116 valence electrons. The zero-order chi connectivity index (χ0) is 16.2. The number of hydrogen-bond acceptors (Lipinski definition) is 6. The molecular formula is C16H14N4OS2. The summed E-state index contributed by atoms with van der Waals surface area (Å²) in [6.07, 6.45) is 4.92. The summed E-state index contributed by atoms with van der Waals surface area (Å²) in [4.78, 5) is 24.8. The van der Waals surface area contributed by atoms with Crippen LogP contribution in [0.1, 0.15) is 15.9 Å². The Morgan fingerprint density at radius 2 is 1.87 bits per heavy atom. The highest BCUT2D eigenvalue weighted by atomic mass is 32.2. The largest absolute Gasteiger partial charge is 0.298 e. The van der Waals surface area contributed by atoms with Gasteiger partial charge in [-0.3, -0.25) is 10.1 Å². The van der Waals surface area contributed by atoms with Gasteiger partial charge in [0.15, 0.2) is 10.3 Å². The molecule has 0 bridgehead atoms. The number of nitrogens with one attached hydrogen (secondary N) is 1. The molecule has 0 spiro atoms. The first-order valence-electron chi connectivity index (χ1n) is 6.85. The Morgan fingerprint density at radius 1 is 1.17 bits per heavy atom. The molecular weight excluding hydrogens is 328 g/mol. The molecule has 0 aliphatic rings. The van der Waals surface area contributed by atoms with Crippen LogP contribution in [0.15, 0.2) is 47.2 Å². The molecule has 2 heterocycles. The summed E-state index contributed by atoms with van der Waals surface area (Å²) >= 11 is 2.82. The van der Waals surface area contributed by atoms with E-state index in [1.807, 2.05) is 42.8 Å². The first-order chi connectivity index (χ1) is 11.2. The van der Waals surface area contributed by atoms with Crippen molar-refractivity contribution < 1.29 is 4.79 Å². The third-order valence-electron chi connectivity index (χ3n) is 3.14. The van der Waals surface area contributed by atoms with Crippen molar-refractivity contribution in [2.75, 3.05) is 11.6 Å². The fraction of sp³-hybridized carbons (Fsp3) is 0.125. The Kier molecular flexibility index (Phi) is 4.68. The van der Waals surface area contributed by atoms with Gasteiger partial charge in [0.25, 0.3) is 5.91 Å². The molecule has 2 aromatic heterocycles. The van der Waals surface area contributed by atoms with Crippen LogP contribution < -0.4 is 5.32 Å². The number of carbonyl (C=O) groups is 1. The van der Waals surface area contributed by atoms with Gasteiger partial charge >= 0.3 is 0 Å². The predicted molar refractivity (Wildman–Crippen MR) is 94.1 cm³/mol. The van der Waals surface area contributed by atoms with Gasteiger partial charge in [0, 0.05) is 23.3 Å². The van der Waals surface area contributed by atoms with Crippen molar-refractivity contribution in [2.24, 2.45) is 0 Å². The predicted octanol–water partition coefficient (Wildman–Crippen LogP) is 3.88. The summed E-state index contributed by atoms with van der Waals surface area (Å²) < 4.78 is 0. The molecule has 0 aliphatic heterocycles. The second-order valence-corrected chi connectivity index (χ2v) is 6.45. The van der Waals surface area contributed by atoms with E-state index in [-0.39, 0.29) is 5.91 Å². The Hall–Kier alpha value is -2.25. The number of rotatable bonds is 4. The van der Waals surface area contributed by atoms with Gasteiger partial charge in [0.05, 0.1) is 11.3 Å². The van der Waals surface area contributed by atoms with E-state index in [9.17, 15) is 4.79 Å². The average Bonchev–Trinajstić information content (AvgIpc) is 3.04. The minimum Gasteiger partial charge on any atom is -0.298 e. The van der Waals surface area contributed by atoms with Crippen molar-refractivity contribution >= 4 is 34.1 Å². The van der Waals surface area contributed by atoms with Crippen LogP contribution in [0.25, 0.3) is 11.3 Å². The van der Waals surface area contributed by atoms with Crippen molar-refractivity contribution in [2.45, 2.75) is 12.1 Å². The molecule has 0 unspecified atom stereocenters. The van der Waals surface area contributed by atoms with Crippen LogP contribution in [0.2, 0.25) is 0 Å². The number of benzene rings is 1. The molecule has 0 atom stereocenters. The maximum absolute atomic E-state index is 12.2. The summed E-state index contributed by atoms with van der Waals surface area (Å²) in [7, 11) is 0. The average molecular weight is 342 g/mol. The molecule has 7 heteroatoms. The summed E-state index contributed by atoms with van der Waals surface area (Å²) in [5, 5.41) is 5.89.